The molecule has 0 bridgehead atoms. The van der Waals surface area contributed by atoms with Gasteiger partial charge < -0.3 is 10.2 Å². The van der Waals surface area contributed by atoms with Crippen LogP contribution in [0, 0.1) is 5.82 Å². The molecule has 0 unspecified atom stereocenters. The Morgan fingerprint density at radius 1 is 1.43 bits per heavy atom. The van der Waals surface area contributed by atoms with E-state index in [-0.39, 0.29) is 17.2 Å². The highest BCUT2D eigenvalue weighted by Gasteiger charge is 2.13. The van der Waals surface area contributed by atoms with E-state index in [2.05, 4.69) is 10.3 Å². The first-order valence-electron chi connectivity index (χ1n) is 6.69. The predicted octanol–water partition coefficient (Wildman–Crippen LogP) is 2.99. The number of fused-ring (bicyclic) bond motifs is 1. The number of hydrogen-bond donors (Lipinski definition) is 1. The van der Waals surface area contributed by atoms with E-state index in [9.17, 15) is 9.18 Å². The number of nitrogens with zero attached hydrogens (tertiary/aromatic N) is 2. The predicted molar refractivity (Wildman–Crippen MR) is 83.3 cm³/mol. The lowest BCUT2D eigenvalue weighted by atomic mass is 10.1. The maximum Gasteiger partial charge on any atom is 0.216 e. The Hall–Kier alpha value is -1.88. The molecule has 1 aromatic carbocycles. The number of benzene rings is 1. The summed E-state index contributed by atoms with van der Waals surface area (Å²) >= 11 is 6.03. The van der Waals surface area contributed by atoms with Crippen molar-refractivity contribution in [2.75, 3.05) is 25.0 Å². The third-order valence-corrected chi connectivity index (χ3v) is 3.56. The normalized spacial score (nSPS) is 10.7. The monoisotopic (exact) mass is 309 g/mol. The Morgan fingerprint density at radius 3 is 2.90 bits per heavy atom. The zero-order valence-corrected chi connectivity index (χ0v) is 12.7. The highest BCUT2D eigenvalue weighted by atomic mass is 35.5. The van der Waals surface area contributed by atoms with E-state index in [1.807, 2.05) is 7.05 Å². The third kappa shape index (κ3) is 3.61. The van der Waals surface area contributed by atoms with Crippen LogP contribution in [0.25, 0.3) is 10.9 Å². The molecule has 4 nitrogen and oxygen atoms in total. The number of amides is 1. The van der Waals surface area contributed by atoms with Crippen molar-refractivity contribution in [1.29, 1.82) is 0 Å². The first-order chi connectivity index (χ1) is 10.0. The number of anilines is 1. The summed E-state index contributed by atoms with van der Waals surface area (Å²) < 4.78 is 14.5. The minimum Gasteiger partial charge on any atom is -0.372 e. The molecule has 0 saturated carbocycles. The fraction of sp³-hybridized carbons (Fsp3) is 0.333. The van der Waals surface area contributed by atoms with Gasteiger partial charge in [0.15, 0.2) is 5.82 Å². The zero-order chi connectivity index (χ0) is 15.4. The largest absolute Gasteiger partial charge is 0.372 e. The third-order valence-electron chi connectivity index (χ3n) is 3.23. The fourth-order valence-corrected chi connectivity index (χ4v) is 2.34. The summed E-state index contributed by atoms with van der Waals surface area (Å²) in [6, 6.07) is 5.11. The summed E-state index contributed by atoms with van der Waals surface area (Å²) in [7, 11) is 1.81. The average Bonchev–Trinajstić information content (AvgIpc) is 2.44. The number of hydrogen-bond acceptors (Lipinski definition) is 3. The van der Waals surface area contributed by atoms with Crippen LogP contribution in [0.3, 0.4) is 0 Å². The smallest absolute Gasteiger partial charge is 0.216 e. The van der Waals surface area contributed by atoms with Gasteiger partial charge in [-0.1, -0.05) is 11.6 Å². The van der Waals surface area contributed by atoms with Crippen molar-refractivity contribution in [3.8, 4) is 0 Å². The molecule has 0 aliphatic rings. The van der Waals surface area contributed by atoms with Gasteiger partial charge in [0.2, 0.25) is 5.91 Å². The lowest BCUT2D eigenvalue weighted by molar-refractivity contribution is -0.118. The molecular formula is C15H17ClFN3O. The van der Waals surface area contributed by atoms with Crippen molar-refractivity contribution in [3.63, 3.8) is 0 Å². The Bertz CT molecular complexity index is 663. The van der Waals surface area contributed by atoms with Gasteiger partial charge in [-0.25, -0.2) is 4.39 Å². The van der Waals surface area contributed by atoms with E-state index in [0.29, 0.717) is 29.2 Å². The van der Waals surface area contributed by atoms with E-state index in [1.54, 1.807) is 23.1 Å². The molecule has 1 aromatic heterocycles. The number of nitrogens with one attached hydrogen (secondary N) is 1. The Kier molecular flexibility index (Phi) is 4.96. The maximum atomic E-state index is 14.5. The van der Waals surface area contributed by atoms with Crippen molar-refractivity contribution in [2.45, 2.75) is 13.3 Å². The summed E-state index contributed by atoms with van der Waals surface area (Å²) in [6.07, 6.45) is 2.23. The number of aromatic nitrogens is 1. The number of carbonyl (C=O) groups excluding carboxylic acids is 1. The Balaban J connectivity index is 2.14. The summed E-state index contributed by atoms with van der Waals surface area (Å²) in [5.41, 5.74) is 0.744. The SMILES string of the molecule is CC(=O)NCCCN(C)c1ccc2c(Cl)ccnc2c1F. The lowest BCUT2D eigenvalue weighted by Gasteiger charge is -2.20. The number of carbonyl (C=O) groups is 1. The van der Waals surface area contributed by atoms with E-state index >= 15 is 0 Å². The van der Waals surface area contributed by atoms with E-state index in [0.717, 1.165) is 6.42 Å². The fourth-order valence-electron chi connectivity index (χ4n) is 2.14. The van der Waals surface area contributed by atoms with E-state index in [1.165, 1.54) is 13.1 Å². The summed E-state index contributed by atoms with van der Waals surface area (Å²) in [6.45, 7) is 2.67. The van der Waals surface area contributed by atoms with Gasteiger partial charge in [0.05, 0.1) is 10.7 Å². The molecule has 0 atom stereocenters. The van der Waals surface area contributed by atoms with Crippen LogP contribution >= 0.6 is 11.6 Å². The van der Waals surface area contributed by atoms with Gasteiger partial charge in [-0.3, -0.25) is 9.78 Å². The van der Waals surface area contributed by atoms with Gasteiger partial charge >= 0.3 is 0 Å². The van der Waals surface area contributed by atoms with Crippen LogP contribution in [0.15, 0.2) is 24.4 Å². The molecule has 112 valence electrons. The van der Waals surface area contributed by atoms with Crippen LogP contribution in [0.1, 0.15) is 13.3 Å². The number of halogens is 2. The molecule has 21 heavy (non-hydrogen) atoms. The lowest BCUT2D eigenvalue weighted by Crippen LogP contribution is -2.26. The van der Waals surface area contributed by atoms with Crippen LogP contribution in [-0.4, -0.2) is 31.0 Å². The highest BCUT2D eigenvalue weighted by molar-refractivity contribution is 6.35. The highest BCUT2D eigenvalue weighted by Crippen LogP contribution is 2.29. The molecule has 1 heterocycles. The van der Waals surface area contributed by atoms with E-state index in [4.69, 9.17) is 11.6 Å². The standard InChI is InChI=1S/C15H17ClFN3O/c1-10(21)18-7-3-9-20(2)13-5-4-11-12(16)6-8-19-15(11)14(13)17/h4-6,8H,3,7,9H2,1-2H3,(H,18,21). The second-order valence-corrected chi connectivity index (χ2v) is 5.25. The van der Waals surface area contributed by atoms with Gasteiger partial charge in [0, 0.05) is 38.6 Å². The topological polar surface area (TPSA) is 45.2 Å². The summed E-state index contributed by atoms with van der Waals surface area (Å²) in [5.74, 6) is -0.439. The maximum absolute atomic E-state index is 14.5. The van der Waals surface area contributed by atoms with Crippen molar-refractivity contribution < 1.29 is 9.18 Å². The molecule has 6 heteroatoms. The molecule has 0 aliphatic carbocycles. The van der Waals surface area contributed by atoms with Crippen LogP contribution in [0.4, 0.5) is 10.1 Å². The first-order valence-corrected chi connectivity index (χ1v) is 7.07. The molecule has 0 saturated heterocycles. The second kappa shape index (κ2) is 6.72. The summed E-state index contributed by atoms with van der Waals surface area (Å²) in [4.78, 5) is 16.7. The molecule has 0 aliphatic heterocycles. The number of rotatable bonds is 5. The molecule has 0 radical (unpaired) electrons. The van der Waals surface area contributed by atoms with Gasteiger partial charge in [-0.15, -0.1) is 0 Å². The molecular weight excluding hydrogens is 293 g/mol. The second-order valence-electron chi connectivity index (χ2n) is 4.85. The van der Waals surface area contributed by atoms with Crippen LogP contribution in [0.2, 0.25) is 5.02 Å². The number of pyridine rings is 1. The Morgan fingerprint density at radius 2 is 2.19 bits per heavy atom. The van der Waals surface area contributed by atoms with Crippen molar-refractivity contribution >= 4 is 34.1 Å². The Labute approximate surface area is 127 Å². The summed E-state index contributed by atoms with van der Waals surface area (Å²) in [5, 5.41) is 3.80. The zero-order valence-electron chi connectivity index (χ0n) is 12.0. The van der Waals surface area contributed by atoms with E-state index < -0.39 is 0 Å². The van der Waals surface area contributed by atoms with Gasteiger partial charge in [-0.2, -0.15) is 0 Å². The first kappa shape index (κ1) is 15.5. The minimum atomic E-state index is -0.378. The molecule has 0 spiro atoms. The molecule has 2 rings (SSSR count). The van der Waals surface area contributed by atoms with Crippen LogP contribution < -0.4 is 10.2 Å². The van der Waals surface area contributed by atoms with Crippen molar-refractivity contribution in [3.05, 3.63) is 35.2 Å². The van der Waals surface area contributed by atoms with Gasteiger partial charge in [0.1, 0.15) is 5.52 Å². The quantitative estimate of drug-likeness (QED) is 0.864. The molecule has 0 fully saturated rings. The molecule has 1 N–H and O–H groups in total. The molecule has 1 amide bonds. The van der Waals surface area contributed by atoms with Gasteiger partial charge in [-0.05, 0) is 24.6 Å². The van der Waals surface area contributed by atoms with Gasteiger partial charge in [0.25, 0.3) is 0 Å². The minimum absolute atomic E-state index is 0.0617. The van der Waals surface area contributed by atoms with Crippen LogP contribution in [-0.2, 0) is 4.79 Å². The van der Waals surface area contributed by atoms with Crippen molar-refractivity contribution in [2.24, 2.45) is 0 Å². The van der Waals surface area contributed by atoms with Crippen LogP contribution in [0.5, 0.6) is 0 Å². The molecule has 2 aromatic rings. The van der Waals surface area contributed by atoms with Crippen molar-refractivity contribution in [1.82, 2.24) is 10.3 Å². The average molecular weight is 310 g/mol.